The summed E-state index contributed by atoms with van der Waals surface area (Å²) in [5.41, 5.74) is 0.403. The first-order chi connectivity index (χ1) is 6.83. The molecule has 1 saturated heterocycles. The number of amides is 1. The molecule has 0 spiro atoms. The predicted molar refractivity (Wildman–Crippen MR) is 67.2 cm³/mol. The number of thiol groups is 1. The average molecular weight is 229 g/mol. The van der Waals surface area contributed by atoms with Crippen molar-refractivity contribution in [1.29, 1.82) is 0 Å². The zero-order valence-electron chi connectivity index (χ0n) is 10.3. The first-order valence-corrected chi connectivity index (χ1v) is 6.32. The number of hydrogen-bond donors (Lipinski definition) is 1. The lowest BCUT2D eigenvalue weighted by molar-refractivity contribution is -0.133. The summed E-state index contributed by atoms with van der Waals surface area (Å²) in [7, 11) is 0. The van der Waals surface area contributed by atoms with Gasteiger partial charge in [0.15, 0.2) is 0 Å². The largest absolute Gasteiger partial charge is 0.342 e. The van der Waals surface area contributed by atoms with Crippen molar-refractivity contribution < 1.29 is 4.79 Å². The third kappa shape index (κ3) is 3.40. The van der Waals surface area contributed by atoms with Crippen molar-refractivity contribution in [2.24, 2.45) is 11.3 Å². The summed E-state index contributed by atoms with van der Waals surface area (Å²) in [4.78, 5) is 14.0. The van der Waals surface area contributed by atoms with Crippen LogP contribution in [0.15, 0.2) is 0 Å². The Labute approximate surface area is 98.8 Å². The fraction of sp³-hybridized carbons (Fsp3) is 0.917. The maximum atomic E-state index is 12.0. The van der Waals surface area contributed by atoms with Gasteiger partial charge in [-0.15, -0.1) is 0 Å². The summed E-state index contributed by atoms with van der Waals surface area (Å²) in [6.45, 7) is 10.4. The molecule has 0 N–H and O–H groups in total. The molecule has 15 heavy (non-hydrogen) atoms. The van der Waals surface area contributed by atoms with E-state index in [-0.39, 0.29) is 11.2 Å². The van der Waals surface area contributed by atoms with Gasteiger partial charge in [-0.3, -0.25) is 4.79 Å². The highest BCUT2D eigenvalue weighted by Crippen LogP contribution is 2.30. The summed E-state index contributed by atoms with van der Waals surface area (Å²) in [6, 6.07) is 0. The van der Waals surface area contributed by atoms with Gasteiger partial charge in [-0.05, 0) is 24.2 Å². The maximum Gasteiger partial charge on any atom is 0.235 e. The summed E-state index contributed by atoms with van der Waals surface area (Å²) in [5.74, 6) is 0.527. The number of nitrogens with zero attached hydrogens (tertiary/aromatic N) is 1. The zero-order chi connectivity index (χ0) is 11.6. The molecule has 0 aliphatic carbocycles. The van der Waals surface area contributed by atoms with Gasteiger partial charge in [-0.25, -0.2) is 0 Å². The van der Waals surface area contributed by atoms with Crippen LogP contribution in [0.4, 0.5) is 0 Å². The third-order valence-electron chi connectivity index (χ3n) is 3.31. The Morgan fingerprint density at radius 2 is 1.73 bits per heavy atom. The lowest BCUT2D eigenvalue weighted by Crippen LogP contribution is -2.45. The molecule has 0 aromatic heterocycles. The fourth-order valence-corrected chi connectivity index (χ4v) is 1.97. The van der Waals surface area contributed by atoms with Crippen LogP contribution in [0.25, 0.3) is 0 Å². The highest BCUT2D eigenvalue weighted by molar-refractivity contribution is 7.81. The van der Waals surface area contributed by atoms with Gasteiger partial charge in [-0.1, -0.05) is 27.7 Å². The molecule has 1 amide bonds. The van der Waals surface area contributed by atoms with Crippen molar-refractivity contribution in [3.8, 4) is 0 Å². The van der Waals surface area contributed by atoms with Crippen LogP contribution >= 0.6 is 12.6 Å². The van der Waals surface area contributed by atoms with Crippen LogP contribution in [-0.4, -0.2) is 29.1 Å². The van der Waals surface area contributed by atoms with Crippen molar-refractivity contribution in [2.45, 2.75) is 45.8 Å². The van der Waals surface area contributed by atoms with E-state index in [1.807, 2.05) is 18.7 Å². The van der Waals surface area contributed by atoms with E-state index in [1.165, 1.54) is 0 Å². The molecule has 1 heterocycles. The van der Waals surface area contributed by atoms with E-state index in [0.29, 0.717) is 11.3 Å². The molecule has 0 saturated carbocycles. The molecule has 1 aliphatic heterocycles. The molecule has 0 aromatic carbocycles. The van der Waals surface area contributed by atoms with Crippen LogP contribution in [0.1, 0.15) is 40.5 Å². The van der Waals surface area contributed by atoms with Gasteiger partial charge in [0.2, 0.25) is 5.91 Å². The lowest BCUT2D eigenvalue weighted by atomic mass is 9.82. The van der Waals surface area contributed by atoms with Gasteiger partial charge in [-0.2, -0.15) is 12.6 Å². The Morgan fingerprint density at radius 3 is 2.13 bits per heavy atom. The SMILES string of the molecule is CC(C)C(S)C(=O)N1CCC(C)(C)CC1. The Kier molecular flexibility index (Phi) is 4.10. The Balaban J connectivity index is 2.50. The third-order valence-corrected chi connectivity index (χ3v) is 4.13. The van der Waals surface area contributed by atoms with Crippen molar-refractivity contribution in [2.75, 3.05) is 13.1 Å². The molecule has 88 valence electrons. The standard InChI is InChI=1S/C12H23NOS/c1-9(2)10(15)11(14)13-7-5-12(3,4)6-8-13/h9-10,15H,5-8H2,1-4H3. The molecule has 0 bridgehead atoms. The summed E-state index contributed by atoms with van der Waals surface area (Å²) < 4.78 is 0. The topological polar surface area (TPSA) is 20.3 Å². The number of piperidine rings is 1. The van der Waals surface area contributed by atoms with Gasteiger partial charge in [0, 0.05) is 13.1 Å². The Morgan fingerprint density at radius 1 is 1.27 bits per heavy atom. The van der Waals surface area contributed by atoms with Gasteiger partial charge in [0.05, 0.1) is 5.25 Å². The molecule has 0 aromatic rings. The average Bonchev–Trinajstić information content (AvgIpc) is 2.15. The minimum Gasteiger partial charge on any atom is -0.342 e. The predicted octanol–water partition coefficient (Wildman–Crippen LogP) is 2.59. The molecular weight excluding hydrogens is 206 g/mol. The first kappa shape index (κ1) is 12.9. The van der Waals surface area contributed by atoms with E-state index in [4.69, 9.17) is 0 Å². The van der Waals surface area contributed by atoms with Crippen LogP contribution in [0.3, 0.4) is 0 Å². The van der Waals surface area contributed by atoms with Crippen LogP contribution < -0.4 is 0 Å². The first-order valence-electron chi connectivity index (χ1n) is 5.80. The van der Waals surface area contributed by atoms with Crippen LogP contribution in [0, 0.1) is 11.3 Å². The number of carbonyl (C=O) groups excluding carboxylic acids is 1. The molecule has 1 rings (SSSR count). The quantitative estimate of drug-likeness (QED) is 0.722. The van der Waals surface area contributed by atoms with Crippen LogP contribution in [0.2, 0.25) is 0 Å². The number of hydrogen-bond acceptors (Lipinski definition) is 2. The second-order valence-corrected chi connectivity index (χ2v) is 6.23. The highest BCUT2D eigenvalue weighted by atomic mass is 32.1. The highest BCUT2D eigenvalue weighted by Gasteiger charge is 2.30. The van der Waals surface area contributed by atoms with E-state index in [2.05, 4.69) is 26.5 Å². The number of carbonyl (C=O) groups is 1. The zero-order valence-corrected chi connectivity index (χ0v) is 11.2. The second kappa shape index (κ2) is 4.77. The molecule has 1 fully saturated rings. The van der Waals surface area contributed by atoms with Gasteiger partial charge >= 0.3 is 0 Å². The van der Waals surface area contributed by atoms with E-state index >= 15 is 0 Å². The monoisotopic (exact) mass is 229 g/mol. The molecule has 1 unspecified atom stereocenters. The lowest BCUT2D eigenvalue weighted by Gasteiger charge is -2.38. The maximum absolute atomic E-state index is 12.0. The minimum absolute atomic E-state index is 0.133. The van der Waals surface area contributed by atoms with E-state index < -0.39 is 0 Å². The molecule has 1 atom stereocenters. The summed E-state index contributed by atoms with van der Waals surface area (Å²) >= 11 is 4.38. The normalized spacial score (nSPS) is 22.9. The summed E-state index contributed by atoms with van der Waals surface area (Å²) in [6.07, 6.45) is 2.22. The Bertz CT molecular complexity index is 228. The molecule has 3 heteroatoms. The van der Waals surface area contributed by atoms with Crippen molar-refractivity contribution in [3.63, 3.8) is 0 Å². The second-order valence-electron chi connectivity index (χ2n) is 5.68. The summed E-state index contributed by atoms with van der Waals surface area (Å²) in [5, 5.41) is -0.133. The molecular formula is C12H23NOS. The smallest absolute Gasteiger partial charge is 0.235 e. The molecule has 2 nitrogen and oxygen atoms in total. The number of rotatable bonds is 2. The minimum atomic E-state index is -0.133. The van der Waals surface area contributed by atoms with Gasteiger partial charge in [0.25, 0.3) is 0 Å². The van der Waals surface area contributed by atoms with E-state index in [9.17, 15) is 4.79 Å². The van der Waals surface area contributed by atoms with Crippen LogP contribution in [0.5, 0.6) is 0 Å². The van der Waals surface area contributed by atoms with E-state index in [1.54, 1.807) is 0 Å². The molecule has 1 aliphatic rings. The van der Waals surface area contributed by atoms with Gasteiger partial charge in [0.1, 0.15) is 0 Å². The Hall–Kier alpha value is -0.180. The molecule has 0 radical (unpaired) electrons. The van der Waals surface area contributed by atoms with Crippen molar-refractivity contribution in [3.05, 3.63) is 0 Å². The fourth-order valence-electron chi connectivity index (χ4n) is 1.80. The van der Waals surface area contributed by atoms with E-state index in [0.717, 1.165) is 25.9 Å². The number of likely N-dealkylation sites (tertiary alicyclic amines) is 1. The van der Waals surface area contributed by atoms with Crippen molar-refractivity contribution >= 4 is 18.5 Å². The van der Waals surface area contributed by atoms with Gasteiger partial charge < -0.3 is 4.90 Å². The van der Waals surface area contributed by atoms with Crippen LogP contribution in [-0.2, 0) is 4.79 Å². The van der Waals surface area contributed by atoms with Crippen molar-refractivity contribution in [1.82, 2.24) is 4.90 Å².